The normalized spacial score (nSPS) is 9.62. The molecule has 8 heavy (non-hydrogen) atoms. The molecule has 1 nitrogen and oxygen atoms in total. The van der Waals surface area contributed by atoms with Crippen molar-refractivity contribution in [2.45, 2.75) is 6.92 Å². The average Bonchev–Trinajstić information content (AvgIpc) is 1.61. The van der Waals surface area contributed by atoms with Crippen molar-refractivity contribution in [1.29, 1.82) is 0 Å². The molecule has 2 heteroatoms. The van der Waals surface area contributed by atoms with E-state index in [0.717, 1.165) is 0 Å². The van der Waals surface area contributed by atoms with Gasteiger partial charge in [-0.05, 0) is 0 Å². The quantitative estimate of drug-likeness (QED) is 0.579. The van der Waals surface area contributed by atoms with Gasteiger partial charge in [0.15, 0.2) is 0 Å². The Morgan fingerprint density at radius 2 is 2.12 bits per heavy atom. The fraction of sp³-hybridized carbons (Fsp3) is 0.167. The van der Waals surface area contributed by atoms with Gasteiger partial charge in [-0.25, -0.2) is 0 Å². The average molecular weight is 278 g/mol. The molecule has 0 atom stereocenters. The van der Waals surface area contributed by atoms with Crippen LogP contribution < -0.4 is 5.73 Å². The van der Waals surface area contributed by atoms with Crippen LogP contribution >= 0.6 is 0 Å². The Balaban J connectivity index is 3.67. The third-order valence-electron chi connectivity index (χ3n) is 0.510. The summed E-state index contributed by atoms with van der Waals surface area (Å²) >= 11 is 1.44. The fourth-order valence-electron chi connectivity index (χ4n) is 0.214. The van der Waals surface area contributed by atoms with Gasteiger partial charge in [0.2, 0.25) is 0 Å². The first-order chi connectivity index (χ1) is 3.63. The van der Waals surface area contributed by atoms with Crippen LogP contribution in [0.15, 0.2) is 17.8 Å². The Morgan fingerprint density at radius 1 is 1.62 bits per heavy atom. The zero-order valence-corrected chi connectivity index (χ0v) is 7.65. The van der Waals surface area contributed by atoms with Crippen LogP contribution in [0.1, 0.15) is 6.92 Å². The molecule has 0 saturated carbocycles. The van der Waals surface area contributed by atoms with E-state index in [1.165, 1.54) is 23.3 Å². The van der Waals surface area contributed by atoms with E-state index in [1.54, 1.807) is 6.08 Å². The number of rotatable bonds is 2. The molecule has 0 rings (SSSR count). The molecule has 0 saturated heterocycles. The monoisotopic (exact) mass is 278 g/mol. The van der Waals surface area contributed by atoms with E-state index in [9.17, 15) is 0 Å². The van der Waals surface area contributed by atoms with Crippen molar-refractivity contribution < 1.29 is 19.4 Å². The van der Waals surface area contributed by atoms with Crippen LogP contribution in [0.2, 0.25) is 0 Å². The van der Waals surface area contributed by atoms with Crippen molar-refractivity contribution in [1.82, 2.24) is 0 Å². The standard InChI is InChI=1S/C6H8N.W/c1-3-4-5-6(2)7;/h2,4-5H,7H2,1H3;/q-1;/b5-4-;. The van der Waals surface area contributed by atoms with Gasteiger partial charge in [0, 0.05) is 0 Å². The molecule has 0 unspecified atom stereocenters. The molecule has 0 radical (unpaired) electrons. The molecule has 0 aromatic heterocycles. The summed E-state index contributed by atoms with van der Waals surface area (Å²) in [6.07, 6.45) is 3.60. The summed E-state index contributed by atoms with van der Waals surface area (Å²) < 4.78 is 1.28. The molecule has 0 bridgehead atoms. The second-order valence-electron chi connectivity index (χ2n) is 1.44. The van der Waals surface area contributed by atoms with Crippen molar-refractivity contribution in [3.05, 3.63) is 24.4 Å². The number of hydrogen-bond donors (Lipinski definition) is 1. The van der Waals surface area contributed by atoms with Gasteiger partial charge >= 0.3 is 60.3 Å². The zero-order valence-electron chi connectivity index (χ0n) is 4.72. The van der Waals surface area contributed by atoms with E-state index >= 15 is 0 Å². The van der Waals surface area contributed by atoms with Crippen LogP contribution in [0, 0.1) is 6.58 Å². The maximum absolute atomic E-state index is 5.14. The van der Waals surface area contributed by atoms with Gasteiger partial charge in [-0.2, -0.15) is 0 Å². The molecule has 0 heterocycles. The molecule has 0 aromatic rings. The van der Waals surface area contributed by atoms with Gasteiger partial charge in [-0.15, -0.1) is 0 Å². The Labute approximate surface area is 60.7 Å². The summed E-state index contributed by atoms with van der Waals surface area (Å²) in [4.78, 5) is 0. The Hall–Kier alpha value is -0.162. The summed E-state index contributed by atoms with van der Waals surface area (Å²) in [5, 5.41) is 0. The molecular weight excluding hydrogens is 270 g/mol. The van der Waals surface area contributed by atoms with Crippen molar-refractivity contribution >= 4 is 3.90 Å². The summed E-state index contributed by atoms with van der Waals surface area (Å²) in [6, 6.07) is 0. The molecule has 0 aromatic carbocycles. The third kappa shape index (κ3) is 5.84. The first kappa shape index (κ1) is 7.84. The van der Waals surface area contributed by atoms with Crippen LogP contribution in [0.4, 0.5) is 0 Å². The first-order valence-electron chi connectivity index (χ1n) is 2.19. The predicted molar refractivity (Wildman–Crippen MR) is 31.8 cm³/mol. The second-order valence-corrected chi connectivity index (χ2v) is 3.76. The van der Waals surface area contributed by atoms with E-state index in [0.29, 0.717) is 5.70 Å². The van der Waals surface area contributed by atoms with Crippen molar-refractivity contribution in [2.75, 3.05) is 0 Å². The molecule has 0 aliphatic rings. The molecule has 0 aliphatic carbocycles. The van der Waals surface area contributed by atoms with Crippen LogP contribution in [0.5, 0.6) is 0 Å². The molecule has 0 fully saturated rings. The molecule has 44 valence electrons. The van der Waals surface area contributed by atoms with E-state index in [1.807, 2.05) is 13.0 Å². The third-order valence-corrected chi connectivity index (χ3v) is 0.999. The summed E-state index contributed by atoms with van der Waals surface area (Å²) in [6.45, 7) is 7.17. The van der Waals surface area contributed by atoms with Crippen LogP contribution in [-0.4, -0.2) is 3.90 Å². The first-order valence-corrected chi connectivity index (χ1v) is 3.66. The minimum atomic E-state index is 0.366. The predicted octanol–water partition coefficient (Wildman–Crippen LogP) is 0.557. The number of nitrogens with two attached hydrogens (primary N) is 1. The van der Waals surface area contributed by atoms with Gasteiger partial charge in [0.1, 0.15) is 0 Å². The Kier molecular flexibility index (Phi) is 3.72. The van der Waals surface area contributed by atoms with Gasteiger partial charge < -0.3 is 0 Å². The topological polar surface area (TPSA) is 26.0 Å². The molecular formula is C6H8NW-. The van der Waals surface area contributed by atoms with Gasteiger partial charge in [0.05, 0.1) is 0 Å². The SMILES string of the molecule is [CH-]=C(N)/C=C\[C](C)=[W]. The van der Waals surface area contributed by atoms with Crippen LogP contribution in [-0.2, 0) is 19.4 Å². The number of hydrogen-bond acceptors (Lipinski definition) is 1. The zero-order chi connectivity index (χ0) is 6.57. The van der Waals surface area contributed by atoms with Crippen LogP contribution in [0.3, 0.4) is 0 Å². The van der Waals surface area contributed by atoms with Crippen LogP contribution in [0.25, 0.3) is 0 Å². The number of allylic oxidation sites excluding steroid dienone is 2. The van der Waals surface area contributed by atoms with E-state index < -0.39 is 0 Å². The van der Waals surface area contributed by atoms with E-state index in [4.69, 9.17) is 12.3 Å². The summed E-state index contributed by atoms with van der Waals surface area (Å²) in [7, 11) is 0. The van der Waals surface area contributed by atoms with Gasteiger partial charge in [-0.3, -0.25) is 0 Å². The minimum absolute atomic E-state index is 0.366. The van der Waals surface area contributed by atoms with Gasteiger partial charge in [-0.1, -0.05) is 0 Å². The van der Waals surface area contributed by atoms with E-state index in [-0.39, 0.29) is 0 Å². The van der Waals surface area contributed by atoms with Crippen molar-refractivity contribution in [2.24, 2.45) is 5.73 Å². The molecule has 2 N–H and O–H groups in total. The fourth-order valence-corrected chi connectivity index (χ4v) is 0.458. The molecule has 0 amide bonds. The summed E-state index contributed by atoms with van der Waals surface area (Å²) in [5.41, 5.74) is 5.51. The molecule has 0 spiro atoms. The Morgan fingerprint density at radius 3 is 2.25 bits per heavy atom. The Bertz CT molecular complexity index is 119. The van der Waals surface area contributed by atoms with Crippen molar-refractivity contribution in [3.8, 4) is 0 Å². The second kappa shape index (κ2) is 3.79. The summed E-state index contributed by atoms with van der Waals surface area (Å²) in [5.74, 6) is 0. The van der Waals surface area contributed by atoms with Gasteiger partial charge in [0.25, 0.3) is 0 Å². The molecule has 0 aliphatic heterocycles. The maximum atomic E-state index is 5.14. The van der Waals surface area contributed by atoms with Crippen molar-refractivity contribution in [3.63, 3.8) is 0 Å². The van der Waals surface area contributed by atoms with E-state index in [2.05, 4.69) is 0 Å².